The van der Waals surface area contributed by atoms with Crippen molar-refractivity contribution >= 4 is 0 Å². The number of hydrogen-bond donors (Lipinski definition) is 1. The summed E-state index contributed by atoms with van der Waals surface area (Å²) in [5.41, 5.74) is 1.76. The van der Waals surface area contributed by atoms with E-state index < -0.39 is 0 Å². The highest BCUT2D eigenvalue weighted by atomic mass is 14.9. The van der Waals surface area contributed by atoms with Gasteiger partial charge in [-0.05, 0) is 24.7 Å². The van der Waals surface area contributed by atoms with Crippen LogP contribution in [0.25, 0.3) is 0 Å². The molecule has 0 aliphatic carbocycles. The third-order valence-corrected chi connectivity index (χ3v) is 4.44. The molecule has 0 spiro atoms. The number of aromatic amines is 1. The molecule has 0 aromatic carbocycles. The molecule has 0 radical (unpaired) electrons. The van der Waals surface area contributed by atoms with E-state index in [1.54, 1.807) is 0 Å². The Balaban J connectivity index is 2.43. The number of H-pyrrole nitrogens is 1. The van der Waals surface area contributed by atoms with Gasteiger partial charge in [-0.15, -0.1) is 0 Å². The van der Waals surface area contributed by atoms with Crippen LogP contribution in [0.1, 0.15) is 90.7 Å². The second-order valence-corrected chi connectivity index (χ2v) is 6.69. The summed E-state index contributed by atoms with van der Waals surface area (Å²) < 4.78 is 0. The summed E-state index contributed by atoms with van der Waals surface area (Å²) in [6.45, 7) is 7.05. The number of nitrogens with one attached hydrogen (secondary N) is 1. The Morgan fingerprint density at radius 3 is 2.00 bits per heavy atom. The minimum Gasteiger partial charge on any atom is -0.348 e. The lowest BCUT2D eigenvalue weighted by Crippen LogP contribution is -2.20. The van der Waals surface area contributed by atoms with Crippen LogP contribution < -0.4 is 0 Å². The van der Waals surface area contributed by atoms with Crippen molar-refractivity contribution in [3.05, 3.63) is 18.2 Å². The molecular formula is C18H34N2. The summed E-state index contributed by atoms with van der Waals surface area (Å²) >= 11 is 0. The van der Waals surface area contributed by atoms with Gasteiger partial charge in [-0.1, -0.05) is 72.1 Å². The van der Waals surface area contributed by atoms with Crippen LogP contribution in [0.2, 0.25) is 0 Å². The van der Waals surface area contributed by atoms with Crippen molar-refractivity contribution in [3.63, 3.8) is 0 Å². The Morgan fingerprint density at radius 2 is 1.55 bits per heavy atom. The van der Waals surface area contributed by atoms with E-state index in [4.69, 9.17) is 0 Å². The van der Waals surface area contributed by atoms with Crippen molar-refractivity contribution in [1.29, 1.82) is 0 Å². The van der Waals surface area contributed by atoms with Gasteiger partial charge in [-0.2, -0.15) is 0 Å². The predicted molar refractivity (Wildman–Crippen MR) is 87.9 cm³/mol. The highest BCUT2D eigenvalue weighted by Gasteiger charge is 2.24. The molecule has 0 aliphatic rings. The molecule has 0 aliphatic heterocycles. The van der Waals surface area contributed by atoms with E-state index in [-0.39, 0.29) is 0 Å². The summed E-state index contributed by atoms with van der Waals surface area (Å²) in [7, 11) is 0. The molecule has 0 bridgehead atoms. The van der Waals surface area contributed by atoms with Crippen molar-refractivity contribution in [2.24, 2.45) is 5.41 Å². The summed E-state index contributed by atoms with van der Waals surface area (Å²) in [6.07, 6.45) is 18.7. The van der Waals surface area contributed by atoms with Gasteiger partial charge in [-0.25, -0.2) is 4.98 Å². The molecule has 2 heteroatoms. The topological polar surface area (TPSA) is 28.7 Å². The summed E-state index contributed by atoms with van der Waals surface area (Å²) in [4.78, 5) is 7.46. The molecule has 1 aromatic heterocycles. The molecule has 1 N–H and O–H groups in total. The molecule has 1 aromatic rings. The average molecular weight is 278 g/mol. The van der Waals surface area contributed by atoms with Crippen molar-refractivity contribution < 1.29 is 0 Å². The van der Waals surface area contributed by atoms with Crippen LogP contribution in [-0.4, -0.2) is 9.97 Å². The molecule has 0 atom stereocenters. The largest absolute Gasteiger partial charge is 0.348 e. The number of unbranched alkanes of at least 4 members (excludes halogenated alkanes) is 6. The standard InChI is InChI=1S/C18H34N2/c1-4-6-8-10-12-18(3,13-11-9-7-5-2)14-17-15-19-16-20-17/h15-16H,4-14H2,1-3H3,(H,19,20). The summed E-state index contributed by atoms with van der Waals surface area (Å²) in [5.74, 6) is 0. The van der Waals surface area contributed by atoms with Crippen molar-refractivity contribution in [3.8, 4) is 0 Å². The van der Waals surface area contributed by atoms with Gasteiger partial charge >= 0.3 is 0 Å². The second-order valence-electron chi connectivity index (χ2n) is 6.69. The van der Waals surface area contributed by atoms with Gasteiger partial charge in [0.2, 0.25) is 0 Å². The fourth-order valence-corrected chi connectivity index (χ4v) is 3.10. The zero-order chi connectivity index (χ0) is 14.7. The van der Waals surface area contributed by atoms with E-state index in [9.17, 15) is 0 Å². The van der Waals surface area contributed by atoms with E-state index in [0.29, 0.717) is 5.41 Å². The van der Waals surface area contributed by atoms with Crippen LogP contribution in [0.3, 0.4) is 0 Å². The number of imidazole rings is 1. The first-order valence-corrected chi connectivity index (χ1v) is 8.67. The van der Waals surface area contributed by atoms with Gasteiger partial charge in [0, 0.05) is 11.9 Å². The molecule has 1 rings (SSSR count). The molecule has 0 saturated heterocycles. The SMILES string of the molecule is CCCCCCC(C)(CCCCCC)Cc1cnc[nH]1. The summed E-state index contributed by atoms with van der Waals surface area (Å²) in [5, 5.41) is 0. The van der Waals surface area contributed by atoms with Crippen LogP contribution in [-0.2, 0) is 6.42 Å². The fraction of sp³-hybridized carbons (Fsp3) is 0.833. The van der Waals surface area contributed by atoms with Crippen molar-refractivity contribution in [1.82, 2.24) is 9.97 Å². The minimum absolute atomic E-state index is 0.452. The first kappa shape index (κ1) is 17.3. The van der Waals surface area contributed by atoms with E-state index in [2.05, 4.69) is 30.7 Å². The molecule has 116 valence electrons. The zero-order valence-corrected chi connectivity index (χ0v) is 13.9. The normalized spacial score (nSPS) is 11.9. The van der Waals surface area contributed by atoms with Gasteiger partial charge < -0.3 is 4.98 Å². The maximum absolute atomic E-state index is 4.17. The van der Waals surface area contributed by atoms with E-state index >= 15 is 0 Å². The number of hydrogen-bond acceptors (Lipinski definition) is 1. The van der Waals surface area contributed by atoms with Gasteiger partial charge in [0.1, 0.15) is 0 Å². The van der Waals surface area contributed by atoms with E-state index in [0.717, 1.165) is 6.42 Å². The Kier molecular flexibility index (Phi) is 8.64. The number of nitrogens with zero attached hydrogens (tertiary/aromatic N) is 1. The maximum atomic E-state index is 4.17. The Labute approximate surface area is 125 Å². The number of rotatable bonds is 12. The lowest BCUT2D eigenvalue weighted by atomic mass is 9.76. The first-order valence-electron chi connectivity index (χ1n) is 8.67. The van der Waals surface area contributed by atoms with Gasteiger partial charge in [0.05, 0.1) is 6.33 Å². The second kappa shape index (κ2) is 10.0. The average Bonchev–Trinajstić information content (AvgIpc) is 2.93. The Morgan fingerprint density at radius 1 is 0.950 bits per heavy atom. The maximum Gasteiger partial charge on any atom is 0.0921 e. The molecule has 0 fully saturated rings. The number of aromatic nitrogens is 2. The van der Waals surface area contributed by atoms with E-state index in [1.165, 1.54) is 69.9 Å². The summed E-state index contributed by atoms with van der Waals surface area (Å²) in [6, 6.07) is 0. The monoisotopic (exact) mass is 278 g/mol. The quantitative estimate of drug-likeness (QED) is 0.474. The molecule has 1 heterocycles. The molecule has 2 nitrogen and oxygen atoms in total. The smallest absolute Gasteiger partial charge is 0.0921 e. The molecule has 0 saturated carbocycles. The zero-order valence-electron chi connectivity index (χ0n) is 13.9. The van der Waals surface area contributed by atoms with Crippen molar-refractivity contribution in [2.45, 2.75) is 91.4 Å². The van der Waals surface area contributed by atoms with Gasteiger partial charge in [0.25, 0.3) is 0 Å². The van der Waals surface area contributed by atoms with Gasteiger partial charge in [0.15, 0.2) is 0 Å². The fourth-order valence-electron chi connectivity index (χ4n) is 3.10. The third-order valence-electron chi connectivity index (χ3n) is 4.44. The highest BCUT2D eigenvalue weighted by molar-refractivity contribution is 4.99. The van der Waals surface area contributed by atoms with Crippen LogP contribution in [0.4, 0.5) is 0 Å². The van der Waals surface area contributed by atoms with Crippen LogP contribution in [0.5, 0.6) is 0 Å². The van der Waals surface area contributed by atoms with E-state index in [1.807, 2.05) is 12.5 Å². The Bertz CT molecular complexity index is 304. The first-order chi connectivity index (χ1) is 9.70. The lowest BCUT2D eigenvalue weighted by molar-refractivity contribution is 0.247. The van der Waals surface area contributed by atoms with Crippen LogP contribution >= 0.6 is 0 Å². The molecule has 20 heavy (non-hydrogen) atoms. The third kappa shape index (κ3) is 7.12. The molecule has 0 unspecified atom stereocenters. The Hall–Kier alpha value is -0.790. The van der Waals surface area contributed by atoms with Gasteiger partial charge in [-0.3, -0.25) is 0 Å². The van der Waals surface area contributed by atoms with Crippen LogP contribution in [0.15, 0.2) is 12.5 Å². The molecule has 0 amide bonds. The predicted octanol–water partition coefficient (Wildman–Crippen LogP) is 5.90. The van der Waals surface area contributed by atoms with Crippen LogP contribution in [0, 0.1) is 5.41 Å². The minimum atomic E-state index is 0.452. The highest BCUT2D eigenvalue weighted by Crippen LogP contribution is 2.34. The lowest BCUT2D eigenvalue weighted by Gasteiger charge is -2.29. The van der Waals surface area contributed by atoms with Crippen molar-refractivity contribution in [2.75, 3.05) is 0 Å². The molecular weight excluding hydrogens is 244 g/mol.